The second-order valence-electron chi connectivity index (χ2n) is 8.09. The van der Waals surface area contributed by atoms with E-state index >= 15 is 0 Å². The van der Waals surface area contributed by atoms with Gasteiger partial charge in [-0.15, -0.1) is 0 Å². The monoisotopic (exact) mass is 422 g/mol. The Hall–Kier alpha value is -3.39. The van der Waals surface area contributed by atoms with E-state index in [-0.39, 0.29) is 16.0 Å². The Morgan fingerprint density at radius 3 is 2.47 bits per heavy atom. The van der Waals surface area contributed by atoms with Crippen molar-refractivity contribution < 1.29 is 13.2 Å². The minimum Gasteiger partial charge on any atom is -0.361 e. The van der Waals surface area contributed by atoms with Crippen LogP contribution in [0.5, 0.6) is 0 Å². The summed E-state index contributed by atoms with van der Waals surface area (Å²) in [7, 11) is -3.90. The van der Waals surface area contributed by atoms with Crippen LogP contribution in [-0.4, -0.2) is 28.5 Å². The number of nitrogens with zero attached hydrogens (tertiary/aromatic N) is 2. The zero-order valence-electron chi connectivity index (χ0n) is 16.9. The number of fused-ring (bicyclic) bond motifs is 1. The van der Waals surface area contributed by atoms with Crippen LogP contribution >= 0.6 is 0 Å². The van der Waals surface area contributed by atoms with Crippen molar-refractivity contribution in [3.8, 4) is 0 Å². The van der Waals surface area contributed by atoms with Crippen LogP contribution in [0.15, 0.2) is 71.9 Å². The lowest BCUT2D eigenvalue weighted by Crippen LogP contribution is -2.17. The number of anilines is 1. The Bertz CT molecular complexity index is 1330. The second kappa shape index (κ2) is 7.14. The molecular formula is C22H22N4O3S. The lowest BCUT2D eigenvalue weighted by atomic mass is 9.87. The molecule has 2 aromatic carbocycles. The number of nitrogens with one attached hydrogen (secondary N) is 2. The van der Waals surface area contributed by atoms with E-state index in [1.807, 2.05) is 24.3 Å². The van der Waals surface area contributed by atoms with Gasteiger partial charge >= 0.3 is 0 Å². The van der Waals surface area contributed by atoms with Gasteiger partial charge in [0.2, 0.25) is 0 Å². The van der Waals surface area contributed by atoms with Crippen molar-refractivity contribution in [3.05, 3.63) is 78.2 Å². The molecule has 2 heterocycles. The summed E-state index contributed by atoms with van der Waals surface area (Å²) in [4.78, 5) is 15.6. The summed E-state index contributed by atoms with van der Waals surface area (Å²) in [6.45, 7) is 6.34. The molecule has 0 aliphatic heterocycles. The molecule has 7 nitrogen and oxygen atoms in total. The maximum Gasteiger partial charge on any atom is 0.282 e. The van der Waals surface area contributed by atoms with Gasteiger partial charge in [0, 0.05) is 29.0 Å². The first-order valence-corrected chi connectivity index (χ1v) is 10.9. The van der Waals surface area contributed by atoms with Crippen molar-refractivity contribution >= 4 is 32.5 Å². The average molecular weight is 423 g/mol. The summed E-state index contributed by atoms with van der Waals surface area (Å²) in [6, 6.07) is 15.5. The predicted octanol–water partition coefficient (Wildman–Crippen LogP) is 4.15. The third kappa shape index (κ3) is 3.73. The third-order valence-corrected chi connectivity index (χ3v) is 6.42. The highest BCUT2D eigenvalue weighted by atomic mass is 32.2. The molecule has 0 aliphatic rings. The van der Waals surface area contributed by atoms with E-state index in [9.17, 15) is 13.2 Å². The largest absolute Gasteiger partial charge is 0.361 e. The van der Waals surface area contributed by atoms with E-state index in [4.69, 9.17) is 0 Å². The van der Waals surface area contributed by atoms with Crippen LogP contribution in [0, 0.1) is 0 Å². The van der Waals surface area contributed by atoms with Gasteiger partial charge in [0.25, 0.3) is 15.9 Å². The molecule has 2 aromatic heterocycles. The van der Waals surface area contributed by atoms with Crippen molar-refractivity contribution in [1.29, 1.82) is 0 Å². The normalized spacial score (nSPS) is 12.2. The Balaban J connectivity index is 1.55. The second-order valence-corrected chi connectivity index (χ2v) is 9.88. The third-order valence-electron chi connectivity index (χ3n) is 4.88. The summed E-state index contributed by atoms with van der Waals surface area (Å²) < 4.78 is 26.6. The molecule has 0 radical (unpaired) electrons. The molecule has 0 saturated heterocycles. The molecule has 154 valence electrons. The standard InChI is InChI=1S/C22H22N4O3S/c1-22(2,3)16-4-6-17(7-5-16)24-21(27)20-11-13-26(25-20)30(28,29)18-8-9-19-15(14-18)10-12-23-19/h4-14,23H,1-3H3,(H,24,27). The molecule has 0 unspecified atom stereocenters. The van der Waals surface area contributed by atoms with Crippen LogP contribution < -0.4 is 5.32 Å². The molecule has 0 spiro atoms. The van der Waals surface area contributed by atoms with E-state index in [1.54, 1.807) is 24.4 Å². The number of aromatic nitrogens is 3. The van der Waals surface area contributed by atoms with E-state index in [2.05, 4.69) is 36.2 Å². The molecule has 0 atom stereocenters. The quantitative estimate of drug-likeness (QED) is 0.516. The van der Waals surface area contributed by atoms with Crippen molar-refractivity contribution in [3.63, 3.8) is 0 Å². The minimum atomic E-state index is -3.90. The number of H-pyrrole nitrogens is 1. The van der Waals surface area contributed by atoms with Crippen LogP contribution in [-0.2, 0) is 15.4 Å². The highest BCUT2D eigenvalue weighted by Gasteiger charge is 2.21. The number of hydrogen-bond donors (Lipinski definition) is 2. The number of hydrogen-bond acceptors (Lipinski definition) is 4. The number of rotatable bonds is 4. The molecule has 8 heteroatoms. The lowest BCUT2D eigenvalue weighted by molar-refractivity contribution is 0.102. The molecule has 0 bridgehead atoms. The van der Waals surface area contributed by atoms with E-state index in [1.165, 1.54) is 18.3 Å². The van der Waals surface area contributed by atoms with Gasteiger partial charge in [-0.3, -0.25) is 4.79 Å². The Kier molecular flexibility index (Phi) is 4.74. The van der Waals surface area contributed by atoms with Gasteiger partial charge in [-0.05, 0) is 53.4 Å². The number of carbonyl (C=O) groups excluding carboxylic acids is 1. The van der Waals surface area contributed by atoms with Gasteiger partial charge in [-0.2, -0.15) is 17.6 Å². The molecular weight excluding hydrogens is 400 g/mol. The van der Waals surface area contributed by atoms with Gasteiger partial charge in [-0.25, -0.2) is 0 Å². The van der Waals surface area contributed by atoms with Crippen molar-refractivity contribution in [2.45, 2.75) is 31.1 Å². The summed E-state index contributed by atoms with van der Waals surface area (Å²) in [5, 5.41) is 7.51. The van der Waals surface area contributed by atoms with Gasteiger partial charge in [-0.1, -0.05) is 32.9 Å². The van der Waals surface area contributed by atoms with Crippen molar-refractivity contribution in [1.82, 2.24) is 14.2 Å². The Morgan fingerprint density at radius 2 is 1.77 bits per heavy atom. The maximum absolute atomic E-state index is 12.9. The SMILES string of the molecule is CC(C)(C)c1ccc(NC(=O)c2ccn(S(=O)(=O)c3ccc4[nH]ccc4c3)n2)cc1. The number of aromatic amines is 1. The van der Waals surface area contributed by atoms with Gasteiger partial charge in [0.05, 0.1) is 4.90 Å². The summed E-state index contributed by atoms with van der Waals surface area (Å²) >= 11 is 0. The average Bonchev–Trinajstić information content (AvgIpc) is 3.37. The topological polar surface area (TPSA) is 96.9 Å². The Labute approximate surface area is 174 Å². The fourth-order valence-corrected chi connectivity index (χ4v) is 4.26. The highest BCUT2D eigenvalue weighted by Crippen LogP contribution is 2.24. The maximum atomic E-state index is 12.9. The molecule has 30 heavy (non-hydrogen) atoms. The lowest BCUT2D eigenvalue weighted by Gasteiger charge is -2.19. The Morgan fingerprint density at radius 1 is 1.03 bits per heavy atom. The number of benzene rings is 2. The first kappa shape index (κ1) is 19.9. The summed E-state index contributed by atoms with van der Waals surface area (Å²) in [6.07, 6.45) is 3.01. The number of carbonyl (C=O) groups is 1. The molecule has 0 fully saturated rings. The van der Waals surface area contributed by atoms with Gasteiger partial charge in [0.1, 0.15) is 0 Å². The molecule has 4 rings (SSSR count). The van der Waals surface area contributed by atoms with Crippen LogP contribution in [0.3, 0.4) is 0 Å². The van der Waals surface area contributed by atoms with E-state index in [0.29, 0.717) is 5.69 Å². The van der Waals surface area contributed by atoms with Gasteiger partial charge < -0.3 is 10.3 Å². The molecule has 0 aliphatic carbocycles. The van der Waals surface area contributed by atoms with Crippen molar-refractivity contribution in [2.24, 2.45) is 0 Å². The zero-order valence-corrected chi connectivity index (χ0v) is 17.7. The summed E-state index contributed by atoms with van der Waals surface area (Å²) in [5.74, 6) is -0.478. The first-order valence-electron chi connectivity index (χ1n) is 9.45. The zero-order chi connectivity index (χ0) is 21.5. The van der Waals surface area contributed by atoms with E-state index < -0.39 is 15.9 Å². The number of amides is 1. The van der Waals surface area contributed by atoms with Gasteiger partial charge in [0.15, 0.2) is 5.69 Å². The van der Waals surface area contributed by atoms with Crippen LogP contribution in [0.1, 0.15) is 36.8 Å². The fourth-order valence-electron chi connectivity index (χ4n) is 3.11. The predicted molar refractivity (Wildman–Crippen MR) is 116 cm³/mol. The van der Waals surface area contributed by atoms with Crippen LogP contribution in [0.4, 0.5) is 5.69 Å². The van der Waals surface area contributed by atoms with Crippen LogP contribution in [0.25, 0.3) is 10.9 Å². The summed E-state index contributed by atoms with van der Waals surface area (Å²) in [5.41, 5.74) is 2.63. The van der Waals surface area contributed by atoms with Crippen molar-refractivity contribution in [2.75, 3.05) is 5.32 Å². The first-order chi connectivity index (χ1) is 14.1. The van der Waals surface area contributed by atoms with E-state index in [0.717, 1.165) is 20.6 Å². The molecule has 2 N–H and O–H groups in total. The fraction of sp³-hybridized carbons (Fsp3) is 0.182. The molecule has 4 aromatic rings. The highest BCUT2D eigenvalue weighted by molar-refractivity contribution is 7.89. The van der Waals surface area contributed by atoms with Crippen LogP contribution in [0.2, 0.25) is 0 Å². The molecule has 1 amide bonds. The minimum absolute atomic E-state index is 0.0130. The smallest absolute Gasteiger partial charge is 0.282 e. The molecule has 0 saturated carbocycles.